The smallest absolute Gasteiger partial charge is 0.262 e. The zero-order valence-electron chi connectivity index (χ0n) is 16.3. The van der Waals surface area contributed by atoms with Crippen molar-refractivity contribution in [1.82, 2.24) is 33.7 Å². The molecule has 0 unspecified atom stereocenters. The molecule has 3 aromatic heterocycles. The molecule has 0 N–H and O–H groups in total. The molecule has 5 rings (SSSR count). The molecule has 29 heavy (non-hydrogen) atoms. The van der Waals surface area contributed by atoms with Crippen LogP contribution in [0, 0.1) is 0 Å². The van der Waals surface area contributed by atoms with Gasteiger partial charge in [-0.3, -0.25) is 0 Å². The summed E-state index contributed by atoms with van der Waals surface area (Å²) in [6, 6.07) is 3.96. The van der Waals surface area contributed by atoms with Gasteiger partial charge in [0.05, 0.1) is 6.33 Å². The molecule has 2 fully saturated rings. The number of hydrogen-bond acceptors (Lipinski definition) is 7. The van der Waals surface area contributed by atoms with E-state index in [0.717, 1.165) is 30.4 Å². The Bertz CT molecular complexity index is 1120. The Kier molecular flexibility index (Phi) is 4.50. The molecule has 0 aliphatic carbocycles. The van der Waals surface area contributed by atoms with Crippen molar-refractivity contribution < 1.29 is 8.42 Å². The third-order valence-corrected chi connectivity index (χ3v) is 7.59. The highest BCUT2D eigenvalue weighted by Gasteiger charge is 2.33. The van der Waals surface area contributed by atoms with E-state index in [1.165, 1.54) is 29.7 Å². The van der Waals surface area contributed by atoms with Crippen LogP contribution < -0.4 is 4.90 Å². The van der Waals surface area contributed by atoms with Gasteiger partial charge in [0.25, 0.3) is 10.0 Å². The second-order valence-corrected chi connectivity index (χ2v) is 9.65. The molecule has 0 bridgehead atoms. The SMILES string of the molecule is Cn1cnc(S(=O)(=O)N2CCC(c3nnc4ccc(N5CCCC5)nn34)CC2)c1. The molecule has 3 aromatic rings. The van der Waals surface area contributed by atoms with Crippen LogP contribution in [-0.4, -0.2) is 68.3 Å². The normalized spacial score (nSPS) is 19.4. The maximum Gasteiger partial charge on any atom is 0.262 e. The van der Waals surface area contributed by atoms with Crippen LogP contribution >= 0.6 is 0 Å². The van der Waals surface area contributed by atoms with E-state index in [2.05, 4.69) is 20.1 Å². The number of sulfonamides is 1. The molecule has 2 aliphatic heterocycles. The minimum atomic E-state index is -3.56. The van der Waals surface area contributed by atoms with Crippen LogP contribution in [-0.2, 0) is 17.1 Å². The Morgan fingerprint density at radius 2 is 1.79 bits per heavy atom. The summed E-state index contributed by atoms with van der Waals surface area (Å²) in [7, 11) is -1.80. The van der Waals surface area contributed by atoms with Crippen LogP contribution in [0.3, 0.4) is 0 Å². The summed E-state index contributed by atoms with van der Waals surface area (Å²) in [6.45, 7) is 2.92. The molecule has 2 saturated heterocycles. The van der Waals surface area contributed by atoms with Gasteiger partial charge in [0.1, 0.15) is 5.82 Å². The molecule has 0 spiro atoms. The zero-order chi connectivity index (χ0) is 20.0. The molecule has 0 atom stereocenters. The van der Waals surface area contributed by atoms with E-state index >= 15 is 0 Å². The summed E-state index contributed by atoms with van der Waals surface area (Å²) in [6.07, 6.45) is 6.80. The maximum absolute atomic E-state index is 12.8. The van der Waals surface area contributed by atoms with Gasteiger partial charge in [-0.15, -0.1) is 15.3 Å². The lowest BCUT2D eigenvalue weighted by Crippen LogP contribution is -2.38. The molecule has 0 saturated carbocycles. The van der Waals surface area contributed by atoms with Crippen LogP contribution in [0.2, 0.25) is 0 Å². The Morgan fingerprint density at radius 3 is 2.48 bits per heavy atom. The molecule has 154 valence electrons. The first-order valence-corrected chi connectivity index (χ1v) is 11.4. The second-order valence-electron chi connectivity index (χ2n) is 7.77. The highest BCUT2D eigenvalue weighted by molar-refractivity contribution is 7.89. The minimum Gasteiger partial charge on any atom is -0.355 e. The third-order valence-electron chi connectivity index (χ3n) is 5.81. The number of anilines is 1. The first-order valence-electron chi connectivity index (χ1n) is 9.98. The molecule has 0 amide bonds. The van der Waals surface area contributed by atoms with Crippen molar-refractivity contribution in [3.8, 4) is 0 Å². The highest BCUT2D eigenvalue weighted by atomic mass is 32.2. The number of rotatable bonds is 4. The largest absolute Gasteiger partial charge is 0.355 e. The topological polar surface area (TPSA) is 102 Å². The number of aryl methyl sites for hydroxylation is 1. The molecular weight excluding hydrogens is 392 g/mol. The Morgan fingerprint density at radius 1 is 1.03 bits per heavy atom. The van der Waals surface area contributed by atoms with Crippen molar-refractivity contribution in [2.45, 2.75) is 36.6 Å². The van der Waals surface area contributed by atoms with Crippen molar-refractivity contribution >= 4 is 21.5 Å². The number of fused-ring (bicyclic) bond motifs is 1. The van der Waals surface area contributed by atoms with Crippen molar-refractivity contribution in [2.75, 3.05) is 31.1 Å². The molecule has 0 aromatic carbocycles. The first kappa shape index (κ1) is 18.5. The lowest BCUT2D eigenvalue weighted by Gasteiger charge is -2.29. The van der Waals surface area contributed by atoms with Crippen LogP contribution in [0.5, 0.6) is 0 Å². The fourth-order valence-corrected chi connectivity index (χ4v) is 5.61. The number of piperidine rings is 1. The fourth-order valence-electron chi connectivity index (χ4n) is 4.17. The Balaban J connectivity index is 1.35. The standard InChI is InChI=1S/C18H24N8O2S/c1-23-12-17(19-13-23)29(27,28)25-10-6-14(7-11-25)18-21-20-15-4-5-16(22-26(15)18)24-8-2-3-9-24/h4-5,12-14H,2-3,6-11H2,1H3. The maximum atomic E-state index is 12.8. The molecule has 2 aliphatic rings. The van der Waals surface area contributed by atoms with Gasteiger partial charge >= 0.3 is 0 Å². The summed E-state index contributed by atoms with van der Waals surface area (Å²) in [4.78, 5) is 6.30. The van der Waals surface area contributed by atoms with Gasteiger partial charge in [-0.1, -0.05) is 0 Å². The quantitative estimate of drug-likeness (QED) is 0.626. The van der Waals surface area contributed by atoms with Crippen molar-refractivity contribution in [3.63, 3.8) is 0 Å². The molecule has 10 nitrogen and oxygen atoms in total. The summed E-state index contributed by atoms with van der Waals surface area (Å²) in [5, 5.41) is 13.5. The second kappa shape index (κ2) is 7.06. The summed E-state index contributed by atoms with van der Waals surface area (Å²) in [5.41, 5.74) is 0.728. The van der Waals surface area contributed by atoms with Crippen LogP contribution in [0.15, 0.2) is 29.7 Å². The lowest BCUT2D eigenvalue weighted by atomic mass is 9.97. The van der Waals surface area contributed by atoms with Gasteiger partial charge in [-0.25, -0.2) is 13.4 Å². The number of imidazole rings is 1. The van der Waals surface area contributed by atoms with E-state index in [0.29, 0.717) is 25.9 Å². The number of nitrogens with zero attached hydrogens (tertiary/aromatic N) is 8. The summed E-state index contributed by atoms with van der Waals surface area (Å²) < 4.78 is 30.6. The summed E-state index contributed by atoms with van der Waals surface area (Å²) >= 11 is 0. The van der Waals surface area contributed by atoms with Crippen LogP contribution in [0.25, 0.3) is 5.65 Å². The monoisotopic (exact) mass is 416 g/mol. The third kappa shape index (κ3) is 3.27. The molecule has 5 heterocycles. The van der Waals surface area contributed by atoms with Gasteiger partial charge in [0, 0.05) is 45.3 Å². The van der Waals surface area contributed by atoms with Gasteiger partial charge in [-0.2, -0.15) is 8.82 Å². The zero-order valence-corrected chi connectivity index (χ0v) is 17.2. The van der Waals surface area contributed by atoms with Crippen molar-refractivity contribution in [1.29, 1.82) is 0 Å². The fraction of sp³-hybridized carbons (Fsp3) is 0.556. The van der Waals surface area contributed by atoms with E-state index in [4.69, 9.17) is 5.10 Å². The minimum absolute atomic E-state index is 0.100. The van der Waals surface area contributed by atoms with E-state index < -0.39 is 10.0 Å². The number of aromatic nitrogens is 6. The molecular formula is C18H24N8O2S. The van der Waals surface area contributed by atoms with Crippen molar-refractivity contribution in [3.05, 3.63) is 30.5 Å². The van der Waals surface area contributed by atoms with Gasteiger partial charge in [-0.05, 0) is 37.8 Å². The van der Waals surface area contributed by atoms with Gasteiger partial charge in [0.2, 0.25) is 0 Å². The summed E-state index contributed by atoms with van der Waals surface area (Å²) in [5.74, 6) is 1.89. The predicted molar refractivity (Wildman–Crippen MR) is 106 cm³/mol. The van der Waals surface area contributed by atoms with Crippen LogP contribution in [0.1, 0.15) is 37.4 Å². The van der Waals surface area contributed by atoms with Crippen LogP contribution in [0.4, 0.5) is 5.82 Å². The van der Waals surface area contributed by atoms with E-state index in [1.54, 1.807) is 11.6 Å². The van der Waals surface area contributed by atoms with Gasteiger partial charge in [0.15, 0.2) is 16.5 Å². The van der Waals surface area contributed by atoms with E-state index in [1.807, 2.05) is 16.6 Å². The Hall–Kier alpha value is -2.53. The average Bonchev–Trinajstić information content (AvgIpc) is 3.48. The number of hydrogen-bond donors (Lipinski definition) is 0. The lowest BCUT2D eigenvalue weighted by molar-refractivity contribution is 0.310. The average molecular weight is 417 g/mol. The molecule has 11 heteroatoms. The van der Waals surface area contributed by atoms with E-state index in [9.17, 15) is 8.42 Å². The highest BCUT2D eigenvalue weighted by Crippen LogP contribution is 2.30. The Labute approximate surface area is 169 Å². The molecule has 0 radical (unpaired) electrons. The first-order chi connectivity index (χ1) is 14.0. The predicted octanol–water partition coefficient (Wildman–Crippen LogP) is 1.03. The van der Waals surface area contributed by atoms with Crippen molar-refractivity contribution in [2.24, 2.45) is 7.05 Å². The van der Waals surface area contributed by atoms with E-state index in [-0.39, 0.29) is 10.9 Å². The van der Waals surface area contributed by atoms with Gasteiger partial charge < -0.3 is 9.47 Å².